The molecule has 1 fully saturated rings. The van der Waals surface area contributed by atoms with Gasteiger partial charge in [0.25, 0.3) is 0 Å². The molecule has 1 amide bonds. The zero-order valence-corrected chi connectivity index (χ0v) is 13.6. The molecule has 1 aromatic carbocycles. The molecule has 2 atom stereocenters. The topological polar surface area (TPSA) is 55.1 Å². The minimum absolute atomic E-state index is 0. The van der Waals surface area contributed by atoms with E-state index in [2.05, 4.69) is 36.5 Å². The lowest BCUT2D eigenvalue weighted by molar-refractivity contribution is -0.121. The predicted molar refractivity (Wildman–Crippen MR) is 89.7 cm³/mol. The van der Waals surface area contributed by atoms with Crippen molar-refractivity contribution in [3.63, 3.8) is 0 Å². The third kappa shape index (κ3) is 6.49. The second kappa shape index (κ2) is 9.06. The summed E-state index contributed by atoms with van der Waals surface area (Å²) in [5.74, 6) is 0.729. The minimum atomic E-state index is 0. The lowest BCUT2D eigenvalue weighted by Crippen LogP contribution is -2.35. The Morgan fingerprint density at radius 1 is 1.29 bits per heavy atom. The Balaban J connectivity index is 0.00000220. The van der Waals surface area contributed by atoms with E-state index in [1.165, 1.54) is 24.0 Å². The van der Waals surface area contributed by atoms with Crippen LogP contribution in [0.1, 0.15) is 43.2 Å². The maximum absolute atomic E-state index is 11.9. The average Bonchev–Trinajstić information content (AvgIpc) is 2.45. The van der Waals surface area contributed by atoms with Gasteiger partial charge in [-0.2, -0.15) is 0 Å². The van der Waals surface area contributed by atoms with Gasteiger partial charge >= 0.3 is 0 Å². The van der Waals surface area contributed by atoms with Crippen molar-refractivity contribution < 1.29 is 4.79 Å². The van der Waals surface area contributed by atoms with Crippen molar-refractivity contribution in [3.8, 4) is 0 Å². The van der Waals surface area contributed by atoms with Crippen molar-refractivity contribution in [1.29, 1.82) is 0 Å². The van der Waals surface area contributed by atoms with Crippen LogP contribution in [0.5, 0.6) is 0 Å². The smallest absolute Gasteiger partial charge is 0.220 e. The fourth-order valence-corrected chi connectivity index (χ4v) is 2.88. The summed E-state index contributed by atoms with van der Waals surface area (Å²) in [6.07, 6.45) is 5.98. The summed E-state index contributed by atoms with van der Waals surface area (Å²) in [5.41, 5.74) is 8.45. The molecule has 118 valence electrons. The van der Waals surface area contributed by atoms with Crippen molar-refractivity contribution in [2.75, 3.05) is 6.54 Å². The molecular formula is C17H27ClN2O. The van der Waals surface area contributed by atoms with Gasteiger partial charge in [0.2, 0.25) is 5.91 Å². The molecule has 0 spiro atoms. The van der Waals surface area contributed by atoms with Gasteiger partial charge in [-0.3, -0.25) is 4.79 Å². The summed E-state index contributed by atoms with van der Waals surface area (Å²) in [6, 6.07) is 8.72. The van der Waals surface area contributed by atoms with E-state index < -0.39 is 0 Å². The number of hydrogen-bond acceptors (Lipinski definition) is 2. The lowest BCUT2D eigenvalue weighted by atomic mass is 9.86. The molecule has 1 aromatic rings. The highest BCUT2D eigenvalue weighted by Crippen LogP contribution is 2.22. The van der Waals surface area contributed by atoms with Gasteiger partial charge < -0.3 is 11.1 Å². The maximum atomic E-state index is 11.9. The molecule has 4 heteroatoms. The van der Waals surface area contributed by atoms with Gasteiger partial charge in [0, 0.05) is 19.0 Å². The van der Waals surface area contributed by atoms with Crippen LogP contribution in [0.4, 0.5) is 0 Å². The number of benzene rings is 1. The van der Waals surface area contributed by atoms with Crippen LogP contribution in [0.3, 0.4) is 0 Å². The molecule has 0 radical (unpaired) electrons. The Morgan fingerprint density at radius 2 is 2.00 bits per heavy atom. The van der Waals surface area contributed by atoms with E-state index >= 15 is 0 Å². The first-order valence-electron chi connectivity index (χ1n) is 7.71. The van der Waals surface area contributed by atoms with E-state index in [1.807, 2.05) is 0 Å². The van der Waals surface area contributed by atoms with Crippen molar-refractivity contribution >= 4 is 18.3 Å². The van der Waals surface area contributed by atoms with E-state index in [4.69, 9.17) is 5.73 Å². The van der Waals surface area contributed by atoms with Crippen LogP contribution in [0.25, 0.3) is 0 Å². The summed E-state index contributed by atoms with van der Waals surface area (Å²) in [5, 5.41) is 3.06. The molecule has 2 rings (SSSR count). The molecule has 0 heterocycles. The predicted octanol–water partition coefficient (Wildman–Crippen LogP) is 2.98. The van der Waals surface area contributed by atoms with Gasteiger partial charge in [0.15, 0.2) is 0 Å². The summed E-state index contributed by atoms with van der Waals surface area (Å²) < 4.78 is 0. The van der Waals surface area contributed by atoms with Crippen LogP contribution < -0.4 is 11.1 Å². The monoisotopic (exact) mass is 310 g/mol. The van der Waals surface area contributed by atoms with Crippen LogP contribution in [-0.4, -0.2) is 18.5 Å². The number of carbonyl (C=O) groups is 1. The number of carbonyl (C=O) groups excluding carboxylic acids is 1. The largest absolute Gasteiger partial charge is 0.356 e. The first-order chi connectivity index (χ1) is 9.63. The lowest BCUT2D eigenvalue weighted by Gasteiger charge is -2.26. The Labute approximate surface area is 134 Å². The van der Waals surface area contributed by atoms with Crippen LogP contribution in [-0.2, 0) is 11.2 Å². The van der Waals surface area contributed by atoms with Gasteiger partial charge in [0.1, 0.15) is 0 Å². The molecule has 1 aliphatic carbocycles. The van der Waals surface area contributed by atoms with Crippen LogP contribution in [0.15, 0.2) is 24.3 Å². The van der Waals surface area contributed by atoms with Crippen molar-refractivity contribution in [2.45, 2.75) is 51.5 Å². The molecular weight excluding hydrogens is 284 g/mol. The number of halogens is 1. The van der Waals surface area contributed by atoms with Gasteiger partial charge in [-0.15, -0.1) is 12.4 Å². The molecule has 2 unspecified atom stereocenters. The SMILES string of the molecule is Cc1ccc(CCC(=O)NCC2CCCC(N)C2)cc1.Cl. The molecule has 1 aliphatic rings. The first kappa shape index (κ1) is 18.0. The van der Waals surface area contributed by atoms with Gasteiger partial charge in [-0.05, 0) is 44.1 Å². The molecule has 21 heavy (non-hydrogen) atoms. The zero-order chi connectivity index (χ0) is 14.4. The highest BCUT2D eigenvalue weighted by molar-refractivity contribution is 5.85. The molecule has 3 N–H and O–H groups in total. The summed E-state index contributed by atoms with van der Waals surface area (Å²) in [4.78, 5) is 11.9. The Hall–Kier alpha value is -1.06. The quantitative estimate of drug-likeness (QED) is 0.878. The Bertz CT molecular complexity index is 433. The summed E-state index contributed by atoms with van der Waals surface area (Å²) in [6.45, 7) is 2.87. The van der Waals surface area contributed by atoms with Gasteiger partial charge in [-0.25, -0.2) is 0 Å². The van der Waals surface area contributed by atoms with Crippen LogP contribution in [0, 0.1) is 12.8 Å². The average molecular weight is 311 g/mol. The van der Waals surface area contributed by atoms with Crippen molar-refractivity contribution in [2.24, 2.45) is 11.7 Å². The van der Waals surface area contributed by atoms with Crippen LogP contribution in [0.2, 0.25) is 0 Å². The van der Waals surface area contributed by atoms with E-state index in [-0.39, 0.29) is 18.3 Å². The highest BCUT2D eigenvalue weighted by Gasteiger charge is 2.19. The van der Waals surface area contributed by atoms with Gasteiger partial charge in [-0.1, -0.05) is 36.2 Å². The molecule has 0 saturated heterocycles. The second-order valence-electron chi connectivity index (χ2n) is 6.08. The van der Waals surface area contributed by atoms with E-state index in [0.29, 0.717) is 18.4 Å². The van der Waals surface area contributed by atoms with Crippen LogP contribution >= 0.6 is 12.4 Å². The molecule has 3 nitrogen and oxygen atoms in total. The number of hydrogen-bond donors (Lipinski definition) is 2. The minimum Gasteiger partial charge on any atom is -0.356 e. The Kier molecular flexibility index (Phi) is 7.76. The van der Waals surface area contributed by atoms with Gasteiger partial charge in [0.05, 0.1) is 0 Å². The molecule has 1 saturated carbocycles. The normalized spacial score (nSPS) is 21.4. The second-order valence-corrected chi connectivity index (χ2v) is 6.08. The number of nitrogens with two attached hydrogens (primary N) is 1. The first-order valence-corrected chi connectivity index (χ1v) is 7.71. The standard InChI is InChI=1S/C17H26N2O.ClH/c1-13-5-7-14(8-6-13)9-10-17(20)19-12-15-3-2-4-16(18)11-15;/h5-8,15-16H,2-4,9-12,18H2,1H3,(H,19,20);1H. The number of amides is 1. The third-order valence-electron chi connectivity index (χ3n) is 4.17. The Morgan fingerprint density at radius 3 is 2.67 bits per heavy atom. The summed E-state index contributed by atoms with van der Waals surface area (Å²) in [7, 11) is 0. The van der Waals surface area contributed by atoms with E-state index in [0.717, 1.165) is 25.8 Å². The number of nitrogens with one attached hydrogen (secondary N) is 1. The summed E-state index contributed by atoms with van der Waals surface area (Å²) >= 11 is 0. The third-order valence-corrected chi connectivity index (χ3v) is 4.17. The molecule has 0 aromatic heterocycles. The highest BCUT2D eigenvalue weighted by atomic mass is 35.5. The fourth-order valence-electron chi connectivity index (χ4n) is 2.88. The molecule has 0 aliphatic heterocycles. The molecule has 0 bridgehead atoms. The van der Waals surface area contributed by atoms with Crippen molar-refractivity contribution in [1.82, 2.24) is 5.32 Å². The zero-order valence-electron chi connectivity index (χ0n) is 12.8. The number of aryl methyl sites for hydroxylation is 2. The van der Waals surface area contributed by atoms with E-state index in [1.54, 1.807) is 0 Å². The number of rotatable bonds is 5. The maximum Gasteiger partial charge on any atom is 0.220 e. The van der Waals surface area contributed by atoms with E-state index in [9.17, 15) is 4.79 Å². The van der Waals surface area contributed by atoms with Crippen molar-refractivity contribution in [3.05, 3.63) is 35.4 Å². The fraction of sp³-hybridized carbons (Fsp3) is 0.588.